The van der Waals surface area contributed by atoms with E-state index in [2.05, 4.69) is 30.6 Å². The summed E-state index contributed by atoms with van der Waals surface area (Å²) in [5.41, 5.74) is 1.31. The number of aromatic nitrogens is 3. The van der Waals surface area contributed by atoms with Crippen LogP contribution in [0.4, 0.5) is 8.78 Å². The fourth-order valence-corrected chi connectivity index (χ4v) is 2.79. The molecule has 1 aromatic carbocycles. The van der Waals surface area contributed by atoms with Crippen molar-refractivity contribution >= 4 is 35.6 Å². The zero-order valence-electron chi connectivity index (χ0n) is 16.5. The molecule has 2 aromatic heterocycles. The predicted octanol–water partition coefficient (Wildman–Crippen LogP) is 2.87. The van der Waals surface area contributed by atoms with Gasteiger partial charge in [-0.2, -0.15) is 8.78 Å². The lowest BCUT2D eigenvalue weighted by Crippen LogP contribution is -2.38. The summed E-state index contributed by atoms with van der Waals surface area (Å²) in [7, 11) is 3.14. The summed E-state index contributed by atoms with van der Waals surface area (Å²) in [5.74, 6) is 1.97. The Hall–Kier alpha value is -2.70. The Morgan fingerprint density at radius 3 is 2.77 bits per heavy atom. The van der Waals surface area contributed by atoms with Crippen LogP contribution in [-0.4, -0.2) is 47.9 Å². The molecule has 11 heteroatoms. The van der Waals surface area contributed by atoms with Gasteiger partial charge in [0, 0.05) is 38.3 Å². The van der Waals surface area contributed by atoms with Crippen LogP contribution in [0.1, 0.15) is 11.4 Å². The molecule has 0 aliphatic rings. The quantitative estimate of drug-likeness (QED) is 0.264. The molecular formula is C19H23F2IN6O2. The molecule has 30 heavy (non-hydrogen) atoms. The zero-order chi connectivity index (χ0) is 20.6. The molecule has 2 N–H and O–H groups in total. The molecule has 0 aliphatic carbocycles. The van der Waals surface area contributed by atoms with Crippen molar-refractivity contribution in [3.8, 4) is 11.5 Å². The Morgan fingerprint density at radius 2 is 2.03 bits per heavy atom. The molecule has 162 valence electrons. The second kappa shape index (κ2) is 11.5. The Bertz CT molecular complexity index is 983. The molecule has 0 amide bonds. The first-order valence-corrected chi connectivity index (χ1v) is 8.95. The van der Waals surface area contributed by atoms with Gasteiger partial charge in [0.05, 0.1) is 7.11 Å². The second-order valence-electron chi connectivity index (χ2n) is 6.00. The Balaban J connectivity index is 0.00000320. The number of nitrogens with one attached hydrogen (secondary N) is 2. The number of rotatable bonds is 8. The van der Waals surface area contributed by atoms with E-state index in [0.29, 0.717) is 30.2 Å². The van der Waals surface area contributed by atoms with Gasteiger partial charge in [-0.1, -0.05) is 6.07 Å². The molecule has 0 saturated carbocycles. The van der Waals surface area contributed by atoms with Gasteiger partial charge in [0.1, 0.15) is 17.3 Å². The highest BCUT2D eigenvalue weighted by atomic mass is 127. The maximum Gasteiger partial charge on any atom is 0.387 e. The lowest BCUT2D eigenvalue weighted by Gasteiger charge is -2.15. The number of methoxy groups -OCH3 is 1. The smallest absolute Gasteiger partial charge is 0.387 e. The number of alkyl halides is 2. The molecule has 0 saturated heterocycles. The average Bonchev–Trinajstić information content (AvgIpc) is 3.14. The number of hydrogen-bond donors (Lipinski definition) is 2. The van der Waals surface area contributed by atoms with Crippen LogP contribution in [0.25, 0.3) is 5.65 Å². The molecule has 0 fully saturated rings. The highest BCUT2D eigenvalue weighted by molar-refractivity contribution is 14.0. The number of guanidine groups is 1. The molecule has 3 rings (SSSR count). The minimum absolute atomic E-state index is 0. The van der Waals surface area contributed by atoms with Crippen molar-refractivity contribution in [1.29, 1.82) is 0 Å². The molecule has 0 unspecified atom stereocenters. The van der Waals surface area contributed by atoms with Crippen LogP contribution in [0, 0.1) is 0 Å². The number of benzene rings is 1. The molecule has 2 heterocycles. The molecule has 0 atom stereocenters. The van der Waals surface area contributed by atoms with Crippen LogP contribution in [0.5, 0.6) is 11.5 Å². The fraction of sp³-hybridized carbons (Fsp3) is 0.316. The van der Waals surface area contributed by atoms with Gasteiger partial charge in [-0.3, -0.25) is 9.39 Å². The molecule has 0 spiro atoms. The van der Waals surface area contributed by atoms with E-state index in [9.17, 15) is 8.78 Å². The minimum atomic E-state index is -2.91. The van der Waals surface area contributed by atoms with Crippen molar-refractivity contribution in [1.82, 2.24) is 25.2 Å². The van der Waals surface area contributed by atoms with Crippen molar-refractivity contribution in [3.63, 3.8) is 0 Å². The van der Waals surface area contributed by atoms with Gasteiger partial charge < -0.3 is 20.1 Å². The van der Waals surface area contributed by atoms with Crippen molar-refractivity contribution in [2.75, 3.05) is 20.7 Å². The Morgan fingerprint density at radius 1 is 1.20 bits per heavy atom. The van der Waals surface area contributed by atoms with Gasteiger partial charge in [0.15, 0.2) is 11.6 Å². The third-order valence-electron chi connectivity index (χ3n) is 4.18. The number of ether oxygens (including phenoxy) is 2. The Kier molecular flexibility index (Phi) is 9.02. The Labute approximate surface area is 189 Å². The van der Waals surface area contributed by atoms with Crippen LogP contribution in [0.2, 0.25) is 0 Å². The summed E-state index contributed by atoms with van der Waals surface area (Å²) < 4.78 is 36.9. The summed E-state index contributed by atoms with van der Waals surface area (Å²) in [6.07, 6.45) is 2.54. The summed E-state index contributed by atoms with van der Waals surface area (Å²) in [5, 5.41) is 14.5. The van der Waals surface area contributed by atoms with Gasteiger partial charge in [0.25, 0.3) is 0 Å². The van der Waals surface area contributed by atoms with Gasteiger partial charge in [-0.15, -0.1) is 34.2 Å². The predicted molar refractivity (Wildman–Crippen MR) is 120 cm³/mol. The molecular weight excluding hydrogens is 509 g/mol. The van der Waals surface area contributed by atoms with Crippen LogP contribution in [0.3, 0.4) is 0 Å². The summed E-state index contributed by atoms with van der Waals surface area (Å²) in [6, 6.07) is 10.4. The standard InChI is InChI=1S/C19H22F2N6O2.HI/c1-22-19(23-9-8-17-26-25-16-5-3-4-10-27(16)17)24-12-13-11-14(28-2)6-7-15(13)29-18(20)21;/h3-7,10-11,18H,8-9,12H2,1-2H3,(H2,22,23,24);1H. The average molecular weight is 532 g/mol. The van der Waals surface area contributed by atoms with Crippen molar-refractivity contribution < 1.29 is 18.3 Å². The SMILES string of the molecule is CN=C(NCCc1nnc2ccccn12)NCc1cc(OC)ccc1OC(F)F.I. The maximum absolute atomic E-state index is 12.6. The van der Waals surface area contributed by atoms with Crippen LogP contribution < -0.4 is 20.1 Å². The first-order valence-electron chi connectivity index (χ1n) is 8.95. The van der Waals surface area contributed by atoms with Gasteiger partial charge in [0.2, 0.25) is 0 Å². The van der Waals surface area contributed by atoms with E-state index in [1.165, 1.54) is 13.2 Å². The summed E-state index contributed by atoms with van der Waals surface area (Å²) >= 11 is 0. The highest BCUT2D eigenvalue weighted by Gasteiger charge is 2.12. The number of pyridine rings is 1. The van der Waals surface area contributed by atoms with E-state index in [-0.39, 0.29) is 36.3 Å². The number of nitrogens with zero attached hydrogens (tertiary/aromatic N) is 4. The van der Waals surface area contributed by atoms with E-state index in [0.717, 1.165) is 11.5 Å². The van der Waals surface area contributed by atoms with Crippen LogP contribution in [0.15, 0.2) is 47.6 Å². The van der Waals surface area contributed by atoms with Crippen LogP contribution >= 0.6 is 24.0 Å². The molecule has 0 aliphatic heterocycles. The van der Waals surface area contributed by atoms with E-state index in [1.54, 1.807) is 19.2 Å². The lowest BCUT2D eigenvalue weighted by atomic mass is 10.2. The van der Waals surface area contributed by atoms with Crippen molar-refractivity contribution in [2.24, 2.45) is 4.99 Å². The topological polar surface area (TPSA) is 85.1 Å². The number of fused-ring (bicyclic) bond motifs is 1. The first kappa shape index (κ1) is 23.6. The minimum Gasteiger partial charge on any atom is -0.497 e. The molecule has 0 bridgehead atoms. The van der Waals surface area contributed by atoms with Crippen molar-refractivity contribution in [3.05, 3.63) is 54.0 Å². The number of halogens is 3. The van der Waals surface area contributed by atoms with Gasteiger partial charge in [-0.05, 0) is 30.3 Å². The second-order valence-corrected chi connectivity index (χ2v) is 6.00. The molecule has 3 aromatic rings. The lowest BCUT2D eigenvalue weighted by molar-refractivity contribution is -0.0504. The van der Waals surface area contributed by atoms with Gasteiger partial charge in [-0.25, -0.2) is 0 Å². The normalized spacial score (nSPS) is 11.3. The van der Waals surface area contributed by atoms with E-state index >= 15 is 0 Å². The largest absolute Gasteiger partial charge is 0.497 e. The first-order chi connectivity index (χ1) is 14.1. The summed E-state index contributed by atoms with van der Waals surface area (Å²) in [6.45, 7) is -2.11. The number of hydrogen-bond acceptors (Lipinski definition) is 5. The molecule has 8 nitrogen and oxygen atoms in total. The van der Waals surface area contributed by atoms with E-state index < -0.39 is 6.61 Å². The number of aliphatic imine (C=N–C) groups is 1. The highest BCUT2D eigenvalue weighted by Crippen LogP contribution is 2.25. The fourth-order valence-electron chi connectivity index (χ4n) is 2.79. The maximum atomic E-state index is 12.6. The van der Waals surface area contributed by atoms with Crippen molar-refractivity contribution in [2.45, 2.75) is 19.6 Å². The third kappa shape index (κ3) is 6.15. The van der Waals surface area contributed by atoms with Gasteiger partial charge >= 0.3 is 6.61 Å². The van der Waals surface area contributed by atoms with E-state index in [1.807, 2.05) is 28.8 Å². The zero-order valence-corrected chi connectivity index (χ0v) is 18.8. The third-order valence-corrected chi connectivity index (χ3v) is 4.18. The molecule has 0 radical (unpaired) electrons. The summed E-state index contributed by atoms with van der Waals surface area (Å²) in [4.78, 5) is 4.15. The monoisotopic (exact) mass is 532 g/mol. The van der Waals surface area contributed by atoms with E-state index in [4.69, 9.17) is 4.74 Å². The van der Waals surface area contributed by atoms with Crippen LogP contribution in [-0.2, 0) is 13.0 Å².